The van der Waals surface area contributed by atoms with Crippen molar-refractivity contribution in [2.45, 2.75) is 53.3 Å². The Bertz CT molecular complexity index is 871. The topological polar surface area (TPSA) is 13.6 Å². The molecule has 1 atom stereocenters. The molecule has 0 saturated carbocycles. The van der Waals surface area contributed by atoms with Gasteiger partial charge in [0.25, 0.3) is 0 Å². The van der Waals surface area contributed by atoms with Crippen LogP contribution in [-0.2, 0) is 10.8 Å². The quantitative estimate of drug-likeness (QED) is 0.487. The average Bonchev–Trinajstić information content (AvgIpc) is 2.97. The zero-order valence-electron chi connectivity index (χ0n) is 16.9. The zero-order chi connectivity index (χ0) is 18.9. The molecular weight excluding hydrogens is 334 g/mol. The number of hydrogen-bond acceptors (Lipinski definition) is 1. The molecular formula is C23H31NOSi. The highest BCUT2D eigenvalue weighted by atomic mass is 28.3. The van der Waals surface area contributed by atoms with Gasteiger partial charge in [0.15, 0.2) is 9.04 Å². The van der Waals surface area contributed by atoms with Crippen molar-refractivity contribution in [1.82, 2.24) is 4.40 Å². The van der Waals surface area contributed by atoms with Gasteiger partial charge < -0.3 is 8.83 Å². The Balaban J connectivity index is 1.99. The monoisotopic (exact) mass is 365 g/mol. The summed E-state index contributed by atoms with van der Waals surface area (Å²) in [5.41, 5.74) is 6.70. The SMILES string of the molecule is CCc1c(-c2ccc(C(O[SiH](C)C)C(C)(C)C)cc2)cn2ccccc12. The number of aromatic nitrogens is 1. The summed E-state index contributed by atoms with van der Waals surface area (Å²) in [5.74, 6) is 0. The Kier molecular flexibility index (Phi) is 5.40. The first kappa shape index (κ1) is 18.9. The molecule has 3 rings (SSSR count). The molecule has 0 radical (unpaired) electrons. The van der Waals surface area contributed by atoms with E-state index in [4.69, 9.17) is 4.43 Å². The van der Waals surface area contributed by atoms with Gasteiger partial charge in [-0.05, 0) is 53.8 Å². The van der Waals surface area contributed by atoms with Crippen molar-refractivity contribution in [2.75, 3.05) is 0 Å². The van der Waals surface area contributed by atoms with Crippen molar-refractivity contribution in [2.24, 2.45) is 5.41 Å². The third-order valence-corrected chi connectivity index (χ3v) is 5.68. The highest BCUT2D eigenvalue weighted by Crippen LogP contribution is 2.38. The lowest BCUT2D eigenvalue weighted by Gasteiger charge is -2.33. The molecule has 0 aliphatic heterocycles. The van der Waals surface area contributed by atoms with Crippen LogP contribution >= 0.6 is 0 Å². The van der Waals surface area contributed by atoms with E-state index in [1.54, 1.807) is 0 Å². The maximum absolute atomic E-state index is 6.37. The molecule has 0 bridgehead atoms. The van der Waals surface area contributed by atoms with E-state index in [-0.39, 0.29) is 11.5 Å². The summed E-state index contributed by atoms with van der Waals surface area (Å²) in [6.07, 6.45) is 5.57. The van der Waals surface area contributed by atoms with Crippen LogP contribution in [0.2, 0.25) is 13.1 Å². The summed E-state index contributed by atoms with van der Waals surface area (Å²) in [5, 5.41) is 0. The molecule has 0 aliphatic carbocycles. The van der Waals surface area contributed by atoms with Crippen molar-refractivity contribution in [3.63, 3.8) is 0 Å². The fourth-order valence-corrected chi connectivity index (χ4v) is 4.80. The van der Waals surface area contributed by atoms with E-state index < -0.39 is 9.04 Å². The van der Waals surface area contributed by atoms with E-state index in [1.807, 2.05) is 0 Å². The van der Waals surface area contributed by atoms with Gasteiger partial charge in [-0.3, -0.25) is 0 Å². The average molecular weight is 366 g/mol. The summed E-state index contributed by atoms with van der Waals surface area (Å²) in [4.78, 5) is 0. The Morgan fingerprint density at radius 2 is 1.73 bits per heavy atom. The molecule has 2 heterocycles. The third-order valence-electron chi connectivity index (χ3n) is 4.87. The van der Waals surface area contributed by atoms with E-state index in [0.717, 1.165) is 6.42 Å². The lowest BCUT2D eigenvalue weighted by molar-refractivity contribution is 0.0866. The second-order valence-electron chi connectivity index (χ2n) is 8.42. The van der Waals surface area contributed by atoms with Crippen molar-refractivity contribution in [3.05, 3.63) is 66.0 Å². The Morgan fingerprint density at radius 3 is 2.31 bits per heavy atom. The summed E-state index contributed by atoms with van der Waals surface area (Å²) in [6, 6.07) is 15.4. The van der Waals surface area contributed by atoms with Crippen LogP contribution in [0.3, 0.4) is 0 Å². The molecule has 1 aromatic carbocycles. The van der Waals surface area contributed by atoms with E-state index >= 15 is 0 Å². The minimum atomic E-state index is -1.11. The van der Waals surface area contributed by atoms with E-state index in [1.165, 1.54) is 27.8 Å². The summed E-state index contributed by atoms with van der Waals surface area (Å²) in [6.45, 7) is 13.5. The highest BCUT2D eigenvalue weighted by Gasteiger charge is 2.28. The second kappa shape index (κ2) is 7.41. The van der Waals surface area contributed by atoms with Crippen LogP contribution in [0.15, 0.2) is 54.9 Å². The van der Waals surface area contributed by atoms with Gasteiger partial charge in [0.05, 0.1) is 6.10 Å². The molecule has 1 unspecified atom stereocenters. The number of hydrogen-bond donors (Lipinski definition) is 0. The van der Waals surface area contributed by atoms with Gasteiger partial charge >= 0.3 is 0 Å². The molecule has 0 N–H and O–H groups in total. The van der Waals surface area contributed by atoms with Gasteiger partial charge in [-0.15, -0.1) is 0 Å². The molecule has 0 spiro atoms. The first-order chi connectivity index (χ1) is 12.3. The Labute approximate surface area is 159 Å². The molecule has 26 heavy (non-hydrogen) atoms. The van der Waals surface area contributed by atoms with E-state index in [9.17, 15) is 0 Å². The van der Waals surface area contributed by atoms with Gasteiger partial charge in [-0.25, -0.2) is 0 Å². The fraction of sp³-hybridized carbons (Fsp3) is 0.391. The van der Waals surface area contributed by atoms with Gasteiger partial charge in [-0.2, -0.15) is 0 Å². The Morgan fingerprint density at radius 1 is 1.04 bits per heavy atom. The number of aryl methyl sites for hydroxylation is 1. The van der Waals surface area contributed by atoms with Crippen LogP contribution in [0.1, 0.15) is 44.9 Å². The standard InChI is InChI=1S/C23H31NOSi/c1-7-19-20(16-24-15-9-8-10-21(19)24)17-11-13-18(14-12-17)22(23(2,3)4)25-26(5)6/h8-16,22,26H,7H2,1-6H3. The lowest BCUT2D eigenvalue weighted by Crippen LogP contribution is -2.25. The van der Waals surface area contributed by atoms with Crippen molar-refractivity contribution in [1.29, 1.82) is 0 Å². The van der Waals surface area contributed by atoms with Crippen LogP contribution in [0.4, 0.5) is 0 Å². The number of pyridine rings is 1. The molecule has 0 fully saturated rings. The fourth-order valence-electron chi connectivity index (χ4n) is 3.69. The summed E-state index contributed by atoms with van der Waals surface area (Å²) >= 11 is 0. The molecule has 0 saturated heterocycles. The molecule has 3 aromatic rings. The van der Waals surface area contributed by atoms with Crippen LogP contribution < -0.4 is 0 Å². The van der Waals surface area contributed by atoms with Gasteiger partial charge in [0.1, 0.15) is 0 Å². The zero-order valence-corrected chi connectivity index (χ0v) is 18.1. The number of rotatable bonds is 5. The van der Waals surface area contributed by atoms with Crippen LogP contribution in [0, 0.1) is 5.41 Å². The van der Waals surface area contributed by atoms with Crippen LogP contribution in [0.25, 0.3) is 16.6 Å². The minimum Gasteiger partial charge on any atom is -0.413 e. The van der Waals surface area contributed by atoms with Gasteiger partial charge in [0.2, 0.25) is 0 Å². The maximum atomic E-state index is 6.37. The predicted octanol–water partition coefficient (Wildman–Crippen LogP) is 6.26. The molecule has 138 valence electrons. The molecule has 2 aromatic heterocycles. The maximum Gasteiger partial charge on any atom is 0.171 e. The molecule has 0 amide bonds. The molecule has 3 heteroatoms. The largest absolute Gasteiger partial charge is 0.413 e. The van der Waals surface area contributed by atoms with Crippen molar-refractivity contribution >= 4 is 14.6 Å². The summed E-state index contributed by atoms with van der Waals surface area (Å²) in [7, 11) is -1.11. The van der Waals surface area contributed by atoms with Crippen LogP contribution in [-0.4, -0.2) is 13.4 Å². The van der Waals surface area contributed by atoms with Gasteiger partial charge in [-0.1, -0.05) is 58.0 Å². The predicted molar refractivity (Wildman–Crippen MR) is 114 cm³/mol. The highest BCUT2D eigenvalue weighted by molar-refractivity contribution is 6.48. The van der Waals surface area contributed by atoms with Crippen molar-refractivity contribution < 1.29 is 4.43 Å². The molecule has 2 nitrogen and oxygen atoms in total. The van der Waals surface area contributed by atoms with Crippen molar-refractivity contribution in [3.8, 4) is 11.1 Å². The van der Waals surface area contributed by atoms with E-state index in [0.29, 0.717) is 0 Å². The lowest BCUT2D eigenvalue weighted by atomic mass is 9.84. The number of fused-ring (bicyclic) bond motifs is 1. The van der Waals surface area contributed by atoms with Crippen LogP contribution in [0.5, 0.6) is 0 Å². The number of nitrogens with zero attached hydrogens (tertiary/aromatic N) is 1. The first-order valence-electron chi connectivity index (χ1n) is 9.65. The first-order valence-corrected chi connectivity index (χ1v) is 12.4. The van der Waals surface area contributed by atoms with Gasteiger partial charge in [0, 0.05) is 23.5 Å². The van der Waals surface area contributed by atoms with E-state index in [2.05, 4.69) is 100 Å². The molecule has 0 aliphatic rings. The second-order valence-corrected chi connectivity index (χ2v) is 10.8. The number of benzene rings is 1. The Hall–Kier alpha value is -1.84. The summed E-state index contributed by atoms with van der Waals surface area (Å²) < 4.78 is 8.60. The minimum absolute atomic E-state index is 0.0954. The smallest absolute Gasteiger partial charge is 0.171 e. The normalized spacial score (nSPS) is 13.5. The third kappa shape index (κ3) is 3.79.